The Bertz CT molecular complexity index is 1740. The van der Waals surface area contributed by atoms with Crippen molar-refractivity contribution in [3.8, 4) is 33.4 Å². The van der Waals surface area contributed by atoms with Crippen LogP contribution < -0.4 is 0 Å². The van der Waals surface area contributed by atoms with Crippen molar-refractivity contribution in [3.63, 3.8) is 0 Å². The highest BCUT2D eigenvalue weighted by molar-refractivity contribution is 5.88. The molecule has 0 nitrogen and oxygen atoms in total. The molecule has 0 saturated carbocycles. The van der Waals surface area contributed by atoms with Crippen LogP contribution in [0.5, 0.6) is 0 Å². The Kier molecular flexibility index (Phi) is 5.94. The first-order valence-corrected chi connectivity index (χ1v) is 15.0. The highest BCUT2D eigenvalue weighted by Crippen LogP contribution is 2.59. The molecule has 0 fully saturated rings. The van der Waals surface area contributed by atoms with Crippen molar-refractivity contribution in [1.29, 1.82) is 0 Å². The number of benzene rings is 5. The molecule has 202 valence electrons. The van der Waals surface area contributed by atoms with Crippen LogP contribution in [0.15, 0.2) is 103 Å². The third-order valence-corrected chi connectivity index (χ3v) is 9.80. The Morgan fingerprint density at radius 3 is 1.54 bits per heavy atom. The smallest absolute Gasteiger partial charge is 0.0194 e. The van der Waals surface area contributed by atoms with E-state index >= 15 is 0 Å². The number of aryl methyl sites for hydroxylation is 4. The van der Waals surface area contributed by atoms with Crippen LogP contribution in [0.2, 0.25) is 0 Å². The van der Waals surface area contributed by atoms with Crippen molar-refractivity contribution < 1.29 is 0 Å². The summed E-state index contributed by atoms with van der Waals surface area (Å²) >= 11 is 0. The van der Waals surface area contributed by atoms with E-state index in [0.29, 0.717) is 0 Å². The summed E-state index contributed by atoms with van der Waals surface area (Å²) in [4.78, 5) is 0. The highest BCUT2D eigenvalue weighted by Gasteiger charge is 2.43. The maximum Gasteiger partial charge on any atom is 0.0194 e. The van der Waals surface area contributed by atoms with Gasteiger partial charge in [0.1, 0.15) is 0 Å². The second kappa shape index (κ2) is 9.45. The number of allylic oxidation sites excluding steroid dienone is 2. The van der Waals surface area contributed by atoms with E-state index in [2.05, 4.69) is 145 Å². The molecule has 5 aromatic carbocycles. The molecule has 0 heteroatoms. The molecule has 0 bridgehead atoms. The van der Waals surface area contributed by atoms with Crippen molar-refractivity contribution in [1.82, 2.24) is 0 Å². The molecule has 41 heavy (non-hydrogen) atoms. The lowest BCUT2D eigenvalue weighted by Crippen LogP contribution is -2.23. The third-order valence-electron chi connectivity index (χ3n) is 9.80. The largest absolute Gasteiger partial charge is 0.0757 e. The summed E-state index contributed by atoms with van der Waals surface area (Å²) in [6, 6.07) is 36.8. The van der Waals surface area contributed by atoms with Crippen LogP contribution in [0.3, 0.4) is 0 Å². The van der Waals surface area contributed by atoms with Crippen LogP contribution >= 0.6 is 0 Å². The SMILES string of the molecule is Cc1cccc(C)c1-c1ccc2c(c1)C(C(C)(C)C1=CCc3ccccc31)c1cc(-c3c(C)cccc3C)ccc1-2. The summed E-state index contributed by atoms with van der Waals surface area (Å²) in [6.07, 6.45) is 3.51. The Balaban J connectivity index is 1.46. The van der Waals surface area contributed by atoms with Crippen LogP contribution in [0.4, 0.5) is 0 Å². The van der Waals surface area contributed by atoms with E-state index < -0.39 is 0 Å². The van der Waals surface area contributed by atoms with Gasteiger partial charge in [0, 0.05) is 11.3 Å². The van der Waals surface area contributed by atoms with Crippen molar-refractivity contribution in [3.05, 3.63) is 148 Å². The summed E-state index contributed by atoms with van der Waals surface area (Å²) in [7, 11) is 0. The van der Waals surface area contributed by atoms with Crippen molar-refractivity contribution in [2.24, 2.45) is 5.41 Å². The molecule has 0 aliphatic heterocycles. The van der Waals surface area contributed by atoms with E-state index in [0.717, 1.165) is 6.42 Å². The summed E-state index contributed by atoms with van der Waals surface area (Å²) in [5.74, 6) is 0.249. The summed E-state index contributed by atoms with van der Waals surface area (Å²) < 4.78 is 0. The van der Waals surface area contributed by atoms with Crippen LogP contribution in [-0.2, 0) is 6.42 Å². The lowest BCUT2D eigenvalue weighted by molar-refractivity contribution is 0.442. The van der Waals surface area contributed by atoms with Crippen LogP contribution in [0, 0.1) is 33.1 Å². The number of hydrogen-bond acceptors (Lipinski definition) is 0. The third kappa shape index (κ3) is 3.96. The van der Waals surface area contributed by atoms with Crippen LogP contribution in [-0.4, -0.2) is 0 Å². The van der Waals surface area contributed by atoms with Gasteiger partial charge in [-0.15, -0.1) is 0 Å². The minimum absolute atomic E-state index is 0.0919. The maximum absolute atomic E-state index is 2.51. The van der Waals surface area contributed by atoms with E-state index in [1.54, 1.807) is 0 Å². The lowest BCUT2D eigenvalue weighted by Gasteiger charge is -2.36. The zero-order valence-corrected chi connectivity index (χ0v) is 25.1. The molecule has 0 spiro atoms. The van der Waals surface area contributed by atoms with Crippen molar-refractivity contribution >= 4 is 5.57 Å². The quantitative estimate of drug-likeness (QED) is 0.217. The zero-order chi connectivity index (χ0) is 28.5. The van der Waals surface area contributed by atoms with E-state index in [-0.39, 0.29) is 11.3 Å². The van der Waals surface area contributed by atoms with Crippen molar-refractivity contribution in [2.45, 2.75) is 53.9 Å². The van der Waals surface area contributed by atoms with E-state index in [1.165, 1.54) is 83.5 Å². The van der Waals surface area contributed by atoms with Crippen LogP contribution in [0.1, 0.15) is 64.3 Å². The average molecular weight is 531 g/mol. The molecule has 5 aromatic rings. The molecule has 0 radical (unpaired) electrons. The zero-order valence-electron chi connectivity index (χ0n) is 25.1. The number of rotatable bonds is 4. The van der Waals surface area contributed by atoms with Gasteiger partial charge in [-0.3, -0.25) is 0 Å². The maximum atomic E-state index is 2.51. The average Bonchev–Trinajstić information content (AvgIpc) is 3.52. The van der Waals surface area contributed by atoms with Gasteiger partial charge in [-0.05, 0) is 130 Å². The Morgan fingerprint density at radius 1 is 0.537 bits per heavy atom. The molecule has 2 aliphatic rings. The van der Waals surface area contributed by atoms with Gasteiger partial charge in [-0.1, -0.05) is 105 Å². The first-order valence-electron chi connectivity index (χ1n) is 15.0. The topological polar surface area (TPSA) is 0 Å². The monoisotopic (exact) mass is 530 g/mol. The summed E-state index contributed by atoms with van der Waals surface area (Å²) in [5, 5.41) is 0. The second-order valence-electron chi connectivity index (χ2n) is 12.8. The predicted molar refractivity (Wildman–Crippen MR) is 175 cm³/mol. The summed E-state index contributed by atoms with van der Waals surface area (Å²) in [5.41, 5.74) is 20.6. The van der Waals surface area contributed by atoms with Crippen molar-refractivity contribution in [2.75, 3.05) is 0 Å². The molecule has 0 amide bonds. The van der Waals surface area contributed by atoms with E-state index in [9.17, 15) is 0 Å². The van der Waals surface area contributed by atoms with E-state index in [1.807, 2.05) is 0 Å². The number of fused-ring (bicyclic) bond motifs is 4. The molecule has 0 atom stereocenters. The van der Waals surface area contributed by atoms with Gasteiger partial charge in [-0.25, -0.2) is 0 Å². The molecule has 7 rings (SSSR count). The Morgan fingerprint density at radius 2 is 1.02 bits per heavy atom. The summed E-state index contributed by atoms with van der Waals surface area (Å²) in [6.45, 7) is 13.9. The molecule has 0 saturated heterocycles. The first-order chi connectivity index (χ1) is 19.8. The van der Waals surface area contributed by atoms with Gasteiger partial charge >= 0.3 is 0 Å². The first kappa shape index (κ1) is 25.8. The van der Waals surface area contributed by atoms with Gasteiger partial charge < -0.3 is 0 Å². The molecule has 2 aliphatic carbocycles. The fourth-order valence-electron chi connectivity index (χ4n) is 7.94. The molecular formula is C41H38. The minimum atomic E-state index is -0.0919. The fourth-order valence-corrected chi connectivity index (χ4v) is 7.94. The van der Waals surface area contributed by atoms with Gasteiger partial charge in [0.05, 0.1) is 0 Å². The molecule has 0 heterocycles. The van der Waals surface area contributed by atoms with E-state index in [4.69, 9.17) is 0 Å². The van der Waals surface area contributed by atoms with Gasteiger partial charge in [0.15, 0.2) is 0 Å². The predicted octanol–water partition coefficient (Wildman–Crippen LogP) is 11.0. The Hall–Kier alpha value is -4.16. The molecule has 0 N–H and O–H groups in total. The Labute approximate surface area is 245 Å². The fraction of sp³-hybridized carbons (Fsp3) is 0.220. The minimum Gasteiger partial charge on any atom is -0.0757 e. The highest BCUT2D eigenvalue weighted by atomic mass is 14.5. The second-order valence-corrected chi connectivity index (χ2v) is 12.8. The van der Waals surface area contributed by atoms with Gasteiger partial charge in [0.2, 0.25) is 0 Å². The normalized spacial score (nSPS) is 14.0. The lowest BCUT2D eigenvalue weighted by atomic mass is 9.67. The van der Waals surface area contributed by atoms with Crippen LogP contribution in [0.25, 0.3) is 39.0 Å². The molecular weight excluding hydrogens is 492 g/mol. The van der Waals surface area contributed by atoms with Gasteiger partial charge in [0.25, 0.3) is 0 Å². The molecule has 0 aromatic heterocycles. The number of hydrogen-bond donors (Lipinski definition) is 0. The van der Waals surface area contributed by atoms with Gasteiger partial charge in [-0.2, -0.15) is 0 Å². The standard InChI is InChI=1S/C41H38/c1-25-11-9-12-26(2)38(25)30-17-20-33-34-21-18-31(39-27(3)13-10-14-28(39)4)24-36(34)40(35(33)23-30)41(5,6)37-22-19-29-15-7-8-16-32(29)37/h7-18,20-24,40H,19H2,1-6H3. The molecule has 0 unspecified atom stereocenters.